The second-order valence-corrected chi connectivity index (χ2v) is 12.4. The molecule has 0 saturated carbocycles. The Bertz CT molecular complexity index is 2140. The smallest absolute Gasteiger partial charge is 0.744 e. The number of para-hydroxylation sites is 1. The molecule has 13 nitrogen and oxygen atoms in total. The Hall–Kier alpha value is -2.90. The summed E-state index contributed by atoms with van der Waals surface area (Å²) < 4.78 is 45.7. The van der Waals surface area contributed by atoms with Crippen LogP contribution in [0, 0.1) is 20.8 Å². The predicted octanol–water partition coefficient (Wildman–Crippen LogP) is 2.20. The van der Waals surface area contributed by atoms with Crippen molar-refractivity contribution < 1.29 is 96.6 Å². The first kappa shape index (κ1) is 40.5. The average Bonchev–Trinajstić information content (AvgIpc) is 3.03. The SMILES string of the molecule is COc1cc(N=Nc2c(C)cc(C)cc2S(=O)(=O)[O-])c(C)cc1N=Nc1c(SOO[O-])cc2cc(Nc3ccccc3)ccc2c1O.[Na+].[Na+]. The molecular weight excluding hydrogens is 692 g/mol. The molecule has 0 spiro atoms. The number of benzene rings is 5. The van der Waals surface area contributed by atoms with E-state index in [0.29, 0.717) is 45.2 Å². The number of nitrogens with zero attached hydrogens (tertiary/aromatic N) is 4. The van der Waals surface area contributed by atoms with Gasteiger partial charge >= 0.3 is 59.1 Å². The second kappa shape index (κ2) is 17.8. The fourth-order valence-electron chi connectivity index (χ4n) is 4.79. The van der Waals surface area contributed by atoms with E-state index in [1.54, 1.807) is 51.1 Å². The van der Waals surface area contributed by atoms with Crippen molar-refractivity contribution in [3.8, 4) is 11.5 Å². The third-order valence-corrected chi connectivity index (χ3v) is 8.42. The van der Waals surface area contributed by atoms with Crippen LogP contribution in [0.15, 0.2) is 109 Å². The monoisotopic (exact) mass is 719 g/mol. The zero-order valence-electron chi connectivity index (χ0n) is 27.4. The number of ether oxygens (including phenoxy) is 1. The van der Waals surface area contributed by atoms with E-state index in [1.807, 2.05) is 36.4 Å². The van der Waals surface area contributed by atoms with Gasteiger partial charge in [-0.05, 0) is 91.4 Å². The number of fused-ring (bicyclic) bond motifs is 1. The third kappa shape index (κ3) is 9.88. The Balaban J connectivity index is 0.00000325. The van der Waals surface area contributed by atoms with E-state index in [9.17, 15) is 23.3 Å². The molecule has 0 saturated heterocycles. The van der Waals surface area contributed by atoms with E-state index in [4.69, 9.17) is 4.74 Å². The van der Waals surface area contributed by atoms with Gasteiger partial charge in [-0.1, -0.05) is 24.3 Å². The van der Waals surface area contributed by atoms with Crippen LogP contribution in [0.25, 0.3) is 10.8 Å². The van der Waals surface area contributed by atoms with E-state index in [0.717, 1.165) is 11.4 Å². The number of phenols is 1. The molecule has 242 valence electrons. The minimum atomic E-state index is -4.80. The summed E-state index contributed by atoms with van der Waals surface area (Å²) in [5.41, 5.74) is 3.80. The van der Waals surface area contributed by atoms with Crippen LogP contribution in [0.4, 0.5) is 34.1 Å². The van der Waals surface area contributed by atoms with Crippen molar-refractivity contribution in [3.63, 3.8) is 0 Å². The van der Waals surface area contributed by atoms with Crippen molar-refractivity contribution in [2.24, 2.45) is 20.5 Å². The quantitative estimate of drug-likeness (QED) is 0.0511. The number of anilines is 2. The molecule has 0 unspecified atom stereocenters. The molecule has 0 aliphatic rings. The summed E-state index contributed by atoms with van der Waals surface area (Å²) in [6.07, 6.45) is 0. The fraction of sp³-hybridized carbons (Fsp3) is 0.125. The molecule has 0 aromatic heterocycles. The summed E-state index contributed by atoms with van der Waals surface area (Å²) in [6, 6.07) is 22.6. The predicted molar refractivity (Wildman–Crippen MR) is 173 cm³/mol. The van der Waals surface area contributed by atoms with Gasteiger partial charge in [-0.15, -0.1) is 15.3 Å². The van der Waals surface area contributed by atoms with Crippen molar-refractivity contribution >= 4 is 67.1 Å². The van der Waals surface area contributed by atoms with Gasteiger partial charge in [0.15, 0.2) is 5.75 Å². The molecule has 0 aliphatic carbocycles. The van der Waals surface area contributed by atoms with E-state index in [1.165, 1.54) is 19.2 Å². The number of hydrogen-bond donors (Lipinski definition) is 2. The molecule has 2 N–H and O–H groups in total. The maximum absolute atomic E-state index is 11.9. The molecule has 0 amide bonds. The molecule has 5 aromatic rings. The van der Waals surface area contributed by atoms with Crippen molar-refractivity contribution in [3.05, 3.63) is 95.6 Å². The van der Waals surface area contributed by atoms with Gasteiger partial charge < -0.3 is 25.0 Å². The standard InChI is InChI=1S/C32H29N5O8S2.2Na/c1-18-12-20(3)30(29(13-18)47(40,41)42)36-34-25-17-27(43-4)26(14-19(25)2)35-37-31-28(46-45-44-39)16-21-15-23(10-11-24(21)32(31)38)33-22-8-6-5-7-9-22;;/h5-17,33,38-39H,1-4H3,(H,40,41,42);;/q;2*+1/p-2. The zero-order chi connectivity index (χ0) is 33.7. The van der Waals surface area contributed by atoms with Crippen molar-refractivity contribution in [1.82, 2.24) is 0 Å². The van der Waals surface area contributed by atoms with Crippen LogP contribution in [0.1, 0.15) is 16.7 Å². The Kier molecular flexibility index (Phi) is 14.8. The summed E-state index contributed by atoms with van der Waals surface area (Å²) in [4.78, 5) is -0.224. The van der Waals surface area contributed by atoms with Gasteiger partial charge in [0.1, 0.15) is 32.9 Å². The Morgan fingerprint density at radius 3 is 2.16 bits per heavy atom. The molecule has 0 fully saturated rings. The van der Waals surface area contributed by atoms with Gasteiger partial charge in [0.25, 0.3) is 0 Å². The van der Waals surface area contributed by atoms with E-state index < -0.39 is 15.0 Å². The molecule has 0 aliphatic heterocycles. The van der Waals surface area contributed by atoms with Crippen molar-refractivity contribution in [1.29, 1.82) is 0 Å². The molecule has 0 radical (unpaired) electrons. The molecule has 5 rings (SSSR count). The summed E-state index contributed by atoms with van der Waals surface area (Å²) >= 11 is 0.553. The summed E-state index contributed by atoms with van der Waals surface area (Å²) in [5, 5.41) is 46.6. The average molecular weight is 720 g/mol. The van der Waals surface area contributed by atoms with Gasteiger partial charge in [0.2, 0.25) is 0 Å². The molecule has 5 aromatic carbocycles. The van der Waals surface area contributed by atoms with Crippen LogP contribution in [-0.2, 0) is 19.5 Å². The summed E-state index contributed by atoms with van der Waals surface area (Å²) in [6.45, 7) is 5.03. The molecule has 17 heteroatoms. The Labute approximate surface area is 331 Å². The number of aromatic hydroxyl groups is 1. The number of azo groups is 2. The van der Waals surface area contributed by atoms with Gasteiger partial charge in [-0.25, -0.2) is 8.42 Å². The Morgan fingerprint density at radius 2 is 1.49 bits per heavy atom. The number of phenolic OH excluding ortho intramolecular Hbond substituents is 1. The number of rotatable bonds is 11. The van der Waals surface area contributed by atoms with Crippen LogP contribution in [-0.4, -0.2) is 25.2 Å². The maximum Gasteiger partial charge on any atom is 1.00 e. The van der Waals surface area contributed by atoms with Crippen molar-refractivity contribution in [2.75, 3.05) is 12.4 Å². The molecule has 0 heterocycles. The Morgan fingerprint density at radius 1 is 0.796 bits per heavy atom. The van der Waals surface area contributed by atoms with Crippen LogP contribution in [0.5, 0.6) is 11.5 Å². The van der Waals surface area contributed by atoms with E-state index in [2.05, 4.69) is 35.1 Å². The van der Waals surface area contributed by atoms with Crippen LogP contribution >= 0.6 is 12.0 Å². The van der Waals surface area contributed by atoms with Gasteiger partial charge in [0, 0.05) is 22.8 Å². The largest absolute Gasteiger partial charge is 1.00 e. The van der Waals surface area contributed by atoms with Gasteiger partial charge in [0.05, 0.1) is 34.6 Å². The topological polar surface area (TPSA) is 190 Å². The number of methoxy groups -OCH3 is 1. The molecule has 0 bridgehead atoms. The first-order chi connectivity index (χ1) is 22.5. The zero-order valence-corrected chi connectivity index (χ0v) is 33.0. The van der Waals surface area contributed by atoms with Gasteiger partial charge in [-0.3, -0.25) is 5.04 Å². The van der Waals surface area contributed by atoms with Crippen LogP contribution in [0.3, 0.4) is 0 Å². The van der Waals surface area contributed by atoms with Crippen LogP contribution < -0.4 is 74.4 Å². The molecular formula is C32H27N5Na2O8S2. The minimum absolute atomic E-state index is 0. The van der Waals surface area contributed by atoms with Gasteiger partial charge in [-0.2, -0.15) is 9.45 Å². The van der Waals surface area contributed by atoms with E-state index >= 15 is 0 Å². The minimum Gasteiger partial charge on any atom is -0.744 e. The molecule has 0 atom stereocenters. The van der Waals surface area contributed by atoms with Crippen molar-refractivity contribution in [2.45, 2.75) is 30.6 Å². The summed E-state index contributed by atoms with van der Waals surface area (Å²) in [5.74, 6) is 0.0177. The van der Waals surface area contributed by atoms with E-state index in [-0.39, 0.29) is 92.6 Å². The second-order valence-electron chi connectivity index (χ2n) is 10.3. The first-order valence-electron chi connectivity index (χ1n) is 13.8. The number of hydrogen-bond acceptors (Lipinski definition) is 14. The number of aryl methyl sites for hydroxylation is 3. The fourth-order valence-corrected chi connectivity index (χ4v) is 6.05. The number of nitrogens with one attached hydrogen (secondary N) is 1. The first-order valence-corrected chi connectivity index (χ1v) is 16.0. The summed E-state index contributed by atoms with van der Waals surface area (Å²) in [7, 11) is -3.39. The molecule has 49 heavy (non-hydrogen) atoms. The third-order valence-electron chi connectivity index (χ3n) is 6.96. The van der Waals surface area contributed by atoms with Crippen LogP contribution in [0.2, 0.25) is 0 Å². The maximum atomic E-state index is 11.9. The normalized spacial score (nSPS) is 11.5.